The van der Waals surface area contributed by atoms with Crippen molar-refractivity contribution in [2.24, 2.45) is 0 Å². The van der Waals surface area contributed by atoms with E-state index in [1.165, 1.54) is 18.3 Å². The van der Waals surface area contributed by atoms with Gasteiger partial charge in [0, 0.05) is 24.4 Å². The van der Waals surface area contributed by atoms with Crippen LogP contribution in [-0.4, -0.2) is 22.3 Å². The largest absolute Gasteiger partial charge is 0.349 e. The van der Waals surface area contributed by atoms with Crippen LogP contribution in [0.3, 0.4) is 0 Å². The zero-order valence-corrected chi connectivity index (χ0v) is 8.60. The summed E-state index contributed by atoms with van der Waals surface area (Å²) in [6.07, 6.45) is 1.40. The lowest BCUT2D eigenvalue weighted by molar-refractivity contribution is 0.0955. The number of halogens is 2. The highest BCUT2D eigenvalue weighted by atomic mass is 35.5. The van der Waals surface area contributed by atoms with E-state index in [4.69, 9.17) is 23.2 Å². The van der Waals surface area contributed by atoms with Crippen molar-refractivity contribution in [1.29, 1.82) is 0 Å². The highest BCUT2D eigenvalue weighted by molar-refractivity contribution is 6.44. The number of aromatic nitrogens is 1. The molecule has 0 saturated carbocycles. The number of hydrogen-bond donors (Lipinski definition) is 2. The predicted octanol–water partition coefficient (Wildman–Crippen LogP) is 0.908. The van der Waals surface area contributed by atoms with E-state index in [0.717, 1.165) is 0 Å². The first kappa shape index (κ1) is 11.1. The maximum atomic E-state index is 11.3. The SMILES string of the molecule is O=C(NCC(Cl)Cl)c1cc[nH]c(=O)c1. The van der Waals surface area contributed by atoms with Crippen LogP contribution in [0.15, 0.2) is 23.1 Å². The lowest BCUT2D eigenvalue weighted by atomic mass is 10.2. The number of aromatic amines is 1. The summed E-state index contributed by atoms with van der Waals surface area (Å²) in [6.45, 7) is 0.148. The van der Waals surface area contributed by atoms with Gasteiger partial charge in [-0.25, -0.2) is 0 Å². The van der Waals surface area contributed by atoms with Gasteiger partial charge in [0.15, 0.2) is 0 Å². The summed E-state index contributed by atoms with van der Waals surface area (Å²) in [7, 11) is 0. The number of rotatable bonds is 3. The zero-order chi connectivity index (χ0) is 10.6. The molecule has 0 aliphatic rings. The topological polar surface area (TPSA) is 62.0 Å². The molecular weight excluding hydrogens is 227 g/mol. The average molecular weight is 235 g/mol. The third-order valence-corrected chi connectivity index (χ3v) is 1.76. The van der Waals surface area contributed by atoms with Gasteiger partial charge < -0.3 is 10.3 Å². The Morgan fingerprint density at radius 2 is 2.29 bits per heavy atom. The molecule has 1 amide bonds. The van der Waals surface area contributed by atoms with Gasteiger partial charge in [0.2, 0.25) is 5.56 Å². The molecule has 0 atom stereocenters. The minimum absolute atomic E-state index is 0.148. The van der Waals surface area contributed by atoms with Gasteiger partial charge in [-0.15, -0.1) is 23.2 Å². The predicted molar refractivity (Wildman–Crippen MR) is 54.9 cm³/mol. The van der Waals surface area contributed by atoms with Crippen LogP contribution in [0.25, 0.3) is 0 Å². The molecule has 0 fully saturated rings. The fraction of sp³-hybridized carbons (Fsp3) is 0.250. The zero-order valence-electron chi connectivity index (χ0n) is 7.09. The fourth-order valence-electron chi connectivity index (χ4n) is 0.858. The van der Waals surface area contributed by atoms with E-state index in [0.29, 0.717) is 0 Å². The Balaban J connectivity index is 2.65. The first-order valence-electron chi connectivity index (χ1n) is 3.84. The van der Waals surface area contributed by atoms with E-state index < -0.39 is 4.84 Å². The molecule has 1 rings (SSSR count). The Labute approximate surface area is 90.2 Å². The van der Waals surface area contributed by atoms with Crippen LogP contribution >= 0.6 is 23.2 Å². The molecule has 0 aliphatic heterocycles. The van der Waals surface area contributed by atoms with E-state index in [-0.39, 0.29) is 23.6 Å². The van der Waals surface area contributed by atoms with Crippen molar-refractivity contribution in [3.63, 3.8) is 0 Å². The minimum Gasteiger partial charge on any atom is -0.349 e. The lowest BCUT2D eigenvalue weighted by Gasteiger charge is -2.04. The molecule has 0 aliphatic carbocycles. The van der Waals surface area contributed by atoms with Crippen molar-refractivity contribution in [1.82, 2.24) is 10.3 Å². The molecule has 14 heavy (non-hydrogen) atoms. The molecule has 0 radical (unpaired) electrons. The summed E-state index contributed by atoms with van der Waals surface area (Å²) in [5, 5.41) is 2.47. The molecule has 1 heterocycles. The molecule has 0 bridgehead atoms. The molecule has 0 unspecified atom stereocenters. The van der Waals surface area contributed by atoms with Crippen LogP contribution in [0, 0.1) is 0 Å². The van der Waals surface area contributed by atoms with Gasteiger partial charge in [-0.2, -0.15) is 0 Å². The number of alkyl halides is 2. The molecule has 6 heteroatoms. The summed E-state index contributed by atoms with van der Waals surface area (Å²) in [4.78, 5) is 23.9. The van der Waals surface area contributed by atoms with E-state index in [9.17, 15) is 9.59 Å². The molecule has 1 aromatic heterocycles. The van der Waals surface area contributed by atoms with Crippen molar-refractivity contribution >= 4 is 29.1 Å². The number of H-pyrrole nitrogens is 1. The smallest absolute Gasteiger partial charge is 0.251 e. The second kappa shape index (κ2) is 5.02. The highest BCUT2D eigenvalue weighted by Crippen LogP contribution is 1.99. The van der Waals surface area contributed by atoms with Gasteiger partial charge in [-0.1, -0.05) is 0 Å². The molecule has 1 aromatic rings. The van der Waals surface area contributed by atoms with Crippen molar-refractivity contribution < 1.29 is 4.79 Å². The summed E-state index contributed by atoms with van der Waals surface area (Å²) in [5.41, 5.74) is -0.0475. The van der Waals surface area contributed by atoms with Gasteiger partial charge in [0.05, 0.1) is 0 Å². The maximum absolute atomic E-state index is 11.3. The maximum Gasteiger partial charge on any atom is 0.251 e. The van der Waals surface area contributed by atoms with Crippen molar-refractivity contribution in [2.75, 3.05) is 6.54 Å². The molecular formula is C8H8Cl2N2O2. The summed E-state index contributed by atoms with van der Waals surface area (Å²) in [6, 6.07) is 2.70. The summed E-state index contributed by atoms with van der Waals surface area (Å²) < 4.78 is 0. The molecule has 0 aromatic carbocycles. The summed E-state index contributed by atoms with van der Waals surface area (Å²) in [5.74, 6) is -0.373. The number of hydrogen-bond acceptors (Lipinski definition) is 2. The van der Waals surface area contributed by atoms with Crippen LogP contribution in [-0.2, 0) is 0 Å². The van der Waals surface area contributed by atoms with Gasteiger partial charge in [0.1, 0.15) is 4.84 Å². The third kappa shape index (κ3) is 3.40. The van der Waals surface area contributed by atoms with E-state index >= 15 is 0 Å². The highest BCUT2D eigenvalue weighted by Gasteiger charge is 2.06. The Morgan fingerprint density at radius 3 is 2.86 bits per heavy atom. The van der Waals surface area contributed by atoms with Crippen molar-refractivity contribution in [3.8, 4) is 0 Å². The average Bonchev–Trinajstić information content (AvgIpc) is 2.14. The normalized spacial score (nSPS) is 10.2. The molecule has 4 nitrogen and oxygen atoms in total. The van der Waals surface area contributed by atoms with Crippen LogP contribution in [0.1, 0.15) is 10.4 Å². The van der Waals surface area contributed by atoms with Gasteiger partial charge >= 0.3 is 0 Å². The van der Waals surface area contributed by atoms with Gasteiger partial charge in [-0.05, 0) is 6.07 Å². The number of nitrogens with one attached hydrogen (secondary N) is 2. The van der Waals surface area contributed by atoms with Crippen LogP contribution < -0.4 is 10.9 Å². The second-order valence-corrected chi connectivity index (χ2v) is 3.82. The fourth-order valence-corrected chi connectivity index (χ4v) is 1.01. The number of amides is 1. The number of carbonyl (C=O) groups is 1. The standard InChI is InChI=1S/C8H8Cl2N2O2/c9-6(10)4-12-8(14)5-1-2-11-7(13)3-5/h1-3,6H,4H2,(H,11,13)(H,12,14). The lowest BCUT2D eigenvalue weighted by Crippen LogP contribution is -2.28. The quantitative estimate of drug-likeness (QED) is 0.765. The number of pyridine rings is 1. The number of carbonyl (C=O) groups excluding carboxylic acids is 1. The first-order chi connectivity index (χ1) is 6.59. The molecule has 0 saturated heterocycles. The van der Waals surface area contributed by atoms with Crippen LogP contribution in [0.2, 0.25) is 0 Å². The van der Waals surface area contributed by atoms with E-state index in [1.807, 2.05) is 0 Å². The minimum atomic E-state index is -0.652. The Kier molecular flexibility index (Phi) is 3.98. The second-order valence-electron chi connectivity index (χ2n) is 2.54. The van der Waals surface area contributed by atoms with Crippen molar-refractivity contribution in [2.45, 2.75) is 4.84 Å². The molecule has 2 N–H and O–H groups in total. The summed E-state index contributed by atoms with van der Waals surface area (Å²) >= 11 is 10.8. The van der Waals surface area contributed by atoms with Crippen molar-refractivity contribution in [3.05, 3.63) is 34.2 Å². The monoisotopic (exact) mass is 234 g/mol. The van der Waals surface area contributed by atoms with E-state index in [2.05, 4.69) is 10.3 Å². The Hall–Kier alpha value is -1.00. The van der Waals surface area contributed by atoms with Gasteiger partial charge in [-0.3, -0.25) is 9.59 Å². The Morgan fingerprint density at radius 1 is 1.57 bits per heavy atom. The Bertz CT molecular complexity index is 376. The molecule has 76 valence electrons. The van der Waals surface area contributed by atoms with Crippen LogP contribution in [0.4, 0.5) is 0 Å². The first-order valence-corrected chi connectivity index (χ1v) is 4.72. The van der Waals surface area contributed by atoms with Crippen LogP contribution in [0.5, 0.6) is 0 Å². The third-order valence-electron chi connectivity index (χ3n) is 1.45. The molecule has 0 spiro atoms. The van der Waals surface area contributed by atoms with E-state index in [1.54, 1.807) is 0 Å². The van der Waals surface area contributed by atoms with Gasteiger partial charge in [0.25, 0.3) is 5.91 Å².